The van der Waals surface area contributed by atoms with Crippen molar-refractivity contribution in [2.24, 2.45) is 0 Å². The highest BCUT2D eigenvalue weighted by atomic mass is 35.5. The third-order valence-electron chi connectivity index (χ3n) is 3.99. The van der Waals surface area contributed by atoms with Crippen LogP contribution in [-0.2, 0) is 0 Å². The minimum absolute atomic E-state index is 0.621. The number of imidazole rings is 1. The summed E-state index contributed by atoms with van der Waals surface area (Å²) in [6.07, 6.45) is 2.05. The van der Waals surface area contributed by atoms with Crippen molar-refractivity contribution < 1.29 is 0 Å². The van der Waals surface area contributed by atoms with Gasteiger partial charge in [0.05, 0.1) is 20.9 Å². The summed E-state index contributed by atoms with van der Waals surface area (Å²) in [4.78, 5) is 5.71. The van der Waals surface area contributed by atoms with Gasteiger partial charge in [0, 0.05) is 16.8 Å². The van der Waals surface area contributed by atoms with E-state index in [1.54, 1.807) is 17.4 Å². The molecule has 0 radical (unpaired) electrons. The molecule has 0 aliphatic heterocycles. The molecule has 0 unspecified atom stereocenters. The van der Waals surface area contributed by atoms with Crippen LogP contribution in [0.3, 0.4) is 0 Å². The molecule has 110 valence electrons. The Balaban J connectivity index is 2.00. The van der Waals surface area contributed by atoms with E-state index in [2.05, 4.69) is 36.6 Å². The Morgan fingerprint density at radius 2 is 1.91 bits per heavy atom. The summed E-state index contributed by atoms with van der Waals surface area (Å²) in [5, 5.41) is 1.25. The highest BCUT2D eigenvalue weighted by Crippen LogP contribution is 2.35. The molecular formula is C17H12Cl2N2S. The van der Waals surface area contributed by atoms with E-state index in [0.717, 1.165) is 16.2 Å². The normalized spacial score (nSPS) is 11.6. The van der Waals surface area contributed by atoms with Crippen LogP contribution in [0.4, 0.5) is 0 Å². The van der Waals surface area contributed by atoms with Gasteiger partial charge in [-0.3, -0.25) is 4.40 Å². The molecule has 4 rings (SSSR count). The predicted molar refractivity (Wildman–Crippen MR) is 95.5 cm³/mol. The maximum atomic E-state index is 6.30. The quantitative estimate of drug-likeness (QED) is 0.404. The molecule has 0 amide bonds. The predicted octanol–water partition coefficient (Wildman–Crippen LogP) is 6.14. The fourth-order valence-corrected chi connectivity index (χ4v) is 4.25. The Kier molecular flexibility index (Phi) is 3.19. The Hall–Kier alpha value is -1.55. The molecule has 2 nitrogen and oxygen atoms in total. The van der Waals surface area contributed by atoms with E-state index in [9.17, 15) is 0 Å². The van der Waals surface area contributed by atoms with Crippen molar-refractivity contribution in [3.8, 4) is 11.3 Å². The Bertz CT molecular complexity index is 1030. The van der Waals surface area contributed by atoms with E-state index < -0.39 is 0 Å². The molecule has 0 saturated carbocycles. The molecule has 0 saturated heterocycles. The zero-order valence-corrected chi connectivity index (χ0v) is 14.4. The summed E-state index contributed by atoms with van der Waals surface area (Å²) in [5.74, 6) is 0. The molecule has 0 aliphatic carbocycles. The molecule has 4 aromatic rings. The minimum atomic E-state index is 0.621. The average Bonchev–Trinajstić information content (AvgIpc) is 3.00. The third-order valence-corrected chi connectivity index (χ3v) is 5.56. The highest BCUT2D eigenvalue weighted by Gasteiger charge is 2.14. The molecule has 0 N–H and O–H groups in total. The van der Waals surface area contributed by atoms with Crippen LogP contribution in [0.25, 0.3) is 26.4 Å². The van der Waals surface area contributed by atoms with Gasteiger partial charge < -0.3 is 0 Å². The lowest BCUT2D eigenvalue weighted by atomic mass is 10.1. The van der Waals surface area contributed by atoms with Crippen LogP contribution in [0.2, 0.25) is 10.0 Å². The zero-order chi connectivity index (χ0) is 15.4. The summed E-state index contributed by atoms with van der Waals surface area (Å²) in [6, 6.07) is 9.82. The van der Waals surface area contributed by atoms with Gasteiger partial charge in [-0.1, -0.05) is 40.6 Å². The number of nitrogens with zero attached hydrogens (tertiary/aromatic N) is 2. The Morgan fingerprint density at radius 1 is 1.09 bits per heavy atom. The van der Waals surface area contributed by atoms with Gasteiger partial charge in [0.2, 0.25) is 0 Å². The van der Waals surface area contributed by atoms with Gasteiger partial charge in [-0.05, 0) is 49.2 Å². The highest BCUT2D eigenvalue weighted by molar-refractivity contribution is 7.23. The van der Waals surface area contributed by atoms with Crippen LogP contribution >= 0.6 is 34.5 Å². The van der Waals surface area contributed by atoms with Gasteiger partial charge in [0.25, 0.3) is 0 Å². The van der Waals surface area contributed by atoms with E-state index in [1.165, 1.54) is 21.3 Å². The van der Waals surface area contributed by atoms with Crippen molar-refractivity contribution in [1.29, 1.82) is 0 Å². The summed E-state index contributed by atoms with van der Waals surface area (Å²) in [6.45, 7) is 4.28. The fourth-order valence-electron chi connectivity index (χ4n) is 2.68. The number of rotatable bonds is 1. The topological polar surface area (TPSA) is 17.3 Å². The van der Waals surface area contributed by atoms with E-state index in [-0.39, 0.29) is 0 Å². The lowest BCUT2D eigenvalue weighted by Gasteiger charge is -2.02. The fraction of sp³-hybridized carbons (Fsp3) is 0.118. The van der Waals surface area contributed by atoms with E-state index >= 15 is 0 Å². The van der Waals surface area contributed by atoms with Crippen molar-refractivity contribution in [2.45, 2.75) is 13.8 Å². The molecule has 0 fully saturated rings. The molecule has 22 heavy (non-hydrogen) atoms. The molecule has 0 spiro atoms. The molecule has 0 aliphatic rings. The van der Waals surface area contributed by atoms with Crippen molar-refractivity contribution >= 4 is 49.7 Å². The second-order valence-corrected chi connectivity index (χ2v) is 7.21. The van der Waals surface area contributed by atoms with Crippen LogP contribution in [-0.4, -0.2) is 9.38 Å². The van der Waals surface area contributed by atoms with Crippen LogP contribution in [0.5, 0.6) is 0 Å². The van der Waals surface area contributed by atoms with Gasteiger partial charge in [0.15, 0.2) is 4.96 Å². The monoisotopic (exact) mass is 346 g/mol. The Labute approximate surface area is 141 Å². The summed E-state index contributed by atoms with van der Waals surface area (Å²) < 4.78 is 3.40. The number of aryl methyl sites for hydroxylation is 2. The smallest absolute Gasteiger partial charge is 0.195 e. The van der Waals surface area contributed by atoms with Gasteiger partial charge >= 0.3 is 0 Å². The number of thiazole rings is 1. The summed E-state index contributed by atoms with van der Waals surface area (Å²) in [7, 11) is 0. The molecule has 0 atom stereocenters. The second kappa shape index (κ2) is 4.98. The number of benzene rings is 2. The molecular weight excluding hydrogens is 335 g/mol. The standard InChI is InChI=1S/C17H12Cl2N2S/c1-9-3-6-15-16(10(9)2)21-8-14(20-17(21)22-15)12-5-4-11(18)7-13(12)19/h3-8H,1-2H3. The van der Waals surface area contributed by atoms with Crippen molar-refractivity contribution in [3.63, 3.8) is 0 Å². The summed E-state index contributed by atoms with van der Waals surface area (Å²) in [5.41, 5.74) is 5.57. The maximum Gasteiger partial charge on any atom is 0.195 e. The third kappa shape index (κ3) is 2.04. The SMILES string of the molecule is Cc1ccc2sc3nc(-c4ccc(Cl)cc4Cl)cn3c2c1C. The first-order valence-corrected chi connectivity index (χ1v) is 8.45. The van der Waals surface area contributed by atoms with Gasteiger partial charge in [-0.15, -0.1) is 0 Å². The molecule has 5 heteroatoms. The first-order chi connectivity index (χ1) is 10.5. The van der Waals surface area contributed by atoms with Crippen LogP contribution in [0.1, 0.15) is 11.1 Å². The van der Waals surface area contributed by atoms with E-state index in [0.29, 0.717) is 10.0 Å². The molecule has 2 aromatic heterocycles. The van der Waals surface area contributed by atoms with Crippen LogP contribution in [0.15, 0.2) is 36.5 Å². The molecule has 2 aromatic carbocycles. The second-order valence-electron chi connectivity index (χ2n) is 5.36. The van der Waals surface area contributed by atoms with Crippen LogP contribution < -0.4 is 0 Å². The number of fused-ring (bicyclic) bond motifs is 3. The largest absolute Gasteiger partial charge is 0.289 e. The van der Waals surface area contributed by atoms with Gasteiger partial charge in [-0.2, -0.15) is 0 Å². The maximum absolute atomic E-state index is 6.30. The van der Waals surface area contributed by atoms with E-state index in [1.807, 2.05) is 12.1 Å². The van der Waals surface area contributed by atoms with Gasteiger partial charge in [0.1, 0.15) is 0 Å². The Morgan fingerprint density at radius 3 is 2.68 bits per heavy atom. The van der Waals surface area contributed by atoms with Crippen molar-refractivity contribution in [1.82, 2.24) is 9.38 Å². The number of aromatic nitrogens is 2. The first-order valence-electron chi connectivity index (χ1n) is 6.88. The van der Waals surface area contributed by atoms with Crippen molar-refractivity contribution in [2.75, 3.05) is 0 Å². The number of halogens is 2. The van der Waals surface area contributed by atoms with Crippen LogP contribution in [0, 0.1) is 13.8 Å². The molecule has 0 bridgehead atoms. The minimum Gasteiger partial charge on any atom is -0.289 e. The van der Waals surface area contributed by atoms with E-state index in [4.69, 9.17) is 28.2 Å². The summed E-state index contributed by atoms with van der Waals surface area (Å²) >= 11 is 14.0. The first kappa shape index (κ1) is 14.1. The number of hydrogen-bond acceptors (Lipinski definition) is 2. The van der Waals surface area contributed by atoms with Crippen molar-refractivity contribution in [3.05, 3.63) is 57.7 Å². The molecule has 2 heterocycles. The lowest BCUT2D eigenvalue weighted by molar-refractivity contribution is 1.25. The number of hydrogen-bond donors (Lipinski definition) is 0. The average molecular weight is 347 g/mol. The lowest BCUT2D eigenvalue weighted by Crippen LogP contribution is -1.86. The zero-order valence-electron chi connectivity index (χ0n) is 12.0. The van der Waals surface area contributed by atoms with Gasteiger partial charge in [-0.25, -0.2) is 4.98 Å².